The lowest BCUT2D eigenvalue weighted by Gasteiger charge is -2.15. The molecule has 0 spiro atoms. The SMILES string of the molecule is CC(N)CC(=O)NC(C)c1cccc([N+](=O)[O-])c1. The summed E-state index contributed by atoms with van der Waals surface area (Å²) in [6.45, 7) is 3.52. The second-order valence-corrected chi connectivity index (χ2v) is 4.32. The molecule has 1 aromatic carbocycles. The number of nitrogens with zero attached hydrogens (tertiary/aromatic N) is 1. The molecule has 1 amide bonds. The highest BCUT2D eigenvalue weighted by Crippen LogP contribution is 2.18. The Morgan fingerprint density at radius 1 is 1.50 bits per heavy atom. The summed E-state index contributed by atoms with van der Waals surface area (Å²) in [6, 6.07) is 5.72. The maximum Gasteiger partial charge on any atom is 0.269 e. The fraction of sp³-hybridized carbons (Fsp3) is 0.417. The summed E-state index contributed by atoms with van der Waals surface area (Å²) >= 11 is 0. The van der Waals surface area contributed by atoms with E-state index in [4.69, 9.17) is 5.73 Å². The summed E-state index contributed by atoms with van der Waals surface area (Å²) in [6.07, 6.45) is 0.235. The largest absolute Gasteiger partial charge is 0.350 e. The van der Waals surface area contributed by atoms with Crippen LogP contribution < -0.4 is 11.1 Å². The molecule has 0 fully saturated rings. The minimum absolute atomic E-state index is 0.0146. The number of nitrogens with one attached hydrogen (secondary N) is 1. The Morgan fingerprint density at radius 2 is 2.17 bits per heavy atom. The number of carbonyl (C=O) groups excluding carboxylic acids is 1. The second kappa shape index (κ2) is 6.11. The molecule has 18 heavy (non-hydrogen) atoms. The maximum absolute atomic E-state index is 11.5. The summed E-state index contributed by atoms with van der Waals surface area (Å²) in [4.78, 5) is 21.7. The van der Waals surface area contributed by atoms with Crippen LogP contribution in [0.2, 0.25) is 0 Å². The third kappa shape index (κ3) is 4.14. The van der Waals surface area contributed by atoms with E-state index in [0.717, 1.165) is 0 Å². The number of nitro groups is 1. The standard InChI is InChI=1S/C12H17N3O3/c1-8(13)6-12(16)14-9(2)10-4-3-5-11(7-10)15(17)18/h3-5,7-9H,6,13H2,1-2H3,(H,14,16). The van der Waals surface area contributed by atoms with E-state index < -0.39 is 4.92 Å². The van der Waals surface area contributed by atoms with Crippen LogP contribution in [-0.2, 0) is 4.79 Å². The van der Waals surface area contributed by atoms with E-state index in [9.17, 15) is 14.9 Å². The first-order valence-corrected chi connectivity index (χ1v) is 5.69. The van der Waals surface area contributed by atoms with Gasteiger partial charge in [-0.25, -0.2) is 0 Å². The van der Waals surface area contributed by atoms with Crippen LogP contribution in [-0.4, -0.2) is 16.9 Å². The van der Waals surface area contributed by atoms with Crippen molar-refractivity contribution < 1.29 is 9.72 Å². The van der Waals surface area contributed by atoms with E-state index >= 15 is 0 Å². The number of benzene rings is 1. The molecule has 0 saturated carbocycles. The number of non-ortho nitro benzene ring substituents is 1. The van der Waals surface area contributed by atoms with Crippen molar-refractivity contribution in [2.75, 3.05) is 0 Å². The van der Waals surface area contributed by atoms with Crippen LogP contribution in [0.1, 0.15) is 31.9 Å². The second-order valence-electron chi connectivity index (χ2n) is 4.32. The van der Waals surface area contributed by atoms with Gasteiger partial charge in [0, 0.05) is 24.6 Å². The summed E-state index contributed by atoms with van der Waals surface area (Å²) < 4.78 is 0. The number of amides is 1. The Bertz CT molecular complexity index is 446. The monoisotopic (exact) mass is 251 g/mol. The molecule has 6 nitrogen and oxygen atoms in total. The molecule has 3 N–H and O–H groups in total. The summed E-state index contributed by atoms with van der Waals surface area (Å²) in [5, 5.41) is 13.4. The van der Waals surface area contributed by atoms with Gasteiger partial charge in [0.1, 0.15) is 0 Å². The Labute approximate surface area is 105 Å². The van der Waals surface area contributed by atoms with E-state index in [2.05, 4.69) is 5.32 Å². The molecule has 1 aromatic rings. The Balaban J connectivity index is 2.72. The smallest absolute Gasteiger partial charge is 0.269 e. The molecule has 0 bridgehead atoms. The summed E-state index contributed by atoms with van der Waals surface area (Å²) in [5.41, 5.74) is 6.23. The van der Waals surface area contributed by atoms with Gasteiger partial charge in [0.25, 0.3) is 5.69 Å². The third-order valence-electron chi connectivity index (χ3n) is 2.47. The first-order valence-electron chi connectivity index (χ1n) is 5.69. The fourth-order valence-corrected chi connectivity index (χ4v) is 1.58. The molecule has 0 aliphatic carbocycles. The van der Waals surface area contributed by atoms with Crippen LogP contribution in [0, 0.1) is 10.1 Å². The predicted molar refractivity (Wildman–Crippen MR) is 67.9 cm³/mol. The predicted octanol–water partition coefficient (Wildman–Crippen LogP) is 1.51. The minimum Gasteiger partial charge on any atom is -0.350 e. The van der Waals surface area contributed by atoms with Crippen LogP contribution in [0.5, 0.6) is 0 Å². The van der Waals surface area contributed by atoms with Gasteiger partial charge >= 0.3 is 0 Å². The number of carbonyl (C=O) groups is 1. The molecule has 0 aliphatic heterocycles. The topological polar surface area (TPSA) is 98.3 Å². The van der Waals surface area contributed by atoms with Crippen molar-refractivity contribution in [1.82, 2.24) is 5.32 Å². The van der Waals surface area contributed by atoms with Crippen LogP contribution >= 0.6 is 0 Å². The first-order chi connectivity index (χ1) is 8.40. The van der Waals surface area contributed by atoms with Gasteiger partial charge in [0.15, 0.2) is 0 Å². The lowest BCUT2D eigenvalue weighted by atomic mass is 10.1. The van der Waals surface area contributed by atoms with Gasteiger partial charge in [-0.2, -0.15) is 0 Å². The van der Waals surface area contributed by atoms with Crippen molar-refractivity contribution in [1.29, 1.82) is 0 Å². The number of rotatable bonds is 5. The normalized spacial score (nSPS) is 13.7. The molecule has 1 rings (SSSR count). The van der Waals surface area contributed by atoms with Crippen molar-refractivity contribution in [3.63, 3.8) is 0 Å². The average molecular weight is 251 g/mol. The van der Waals surface area contributed by atoms with Gasteiger partial charge in [0.05, 0.1) is 11.0 Å². The van der Waals surface area contributed by atoms with Crippen molar-refractivity contribution >= 4 is 11.6 Å². The Morgan fingerprint density at radius 3 is 2.72 bits per heavy atom. The summed E-state index contributed by atoms with van der Waals surface area (Å²) in [5.74, 6) is -0.163. The van der Waals surface area contributed by atoms with E-state index in [-0.39, 0.29) is 30.1 Å². The third-order valence-corrected chi connectivity index (χ3v) is 2.47. The number of nitro benzene ring substituents is 1. The molecule has 2 atom stereocenters. The zero-order chi connectivity index (χ0) is 13.7. The molecule has 2 unspecified atom stereocenters. The van der Waals surface area contributed by atoms with Crippen LogP contribution in [0.25, 0.3) is 0 Å². The van der Waals surface area contributed by atoms with Crippen molar-refractivity contribution in [2.45, 2.75) is 32.4 Å². The Kier molecular flexibility index (Phi) is 4.79. The fourth-order valence-electron chi connectivity index (χ4n) is 1.58. The van der Waals surface area contributed by atoms with Gasteiger partial charge in [-0.3, -0.25) is 14.9 Å². The highest BCUT2D eigenvalue weighted by molar-refractivity contribution is 5.77. The lowest BCUT2D eigenvalue weighted by Crippen LogP contribution is -2.31. The average Bonchev–Trinajstić information content (AvgIpc) is 2.27. The zero-order valence-corrected chi connectivity index (χ0v) is 10.4. The molecule has 0 saturated heterocycles. The molecule has 98 valence electrons. The number of nitrogens with two attached hydrogens (primary N) is 1. The number of hydrogen-bond acceptors (Lipinski definition) is 4. The van der Waals surface area contributed by atoms with E-state index in [1.165, 1.54) is 12.1 Å². The van der Waals surface area contributed by atoms with Gasteiger partial charge in [0.2, 0.25) is 5.91 Å². The lowest BCUT2D eigenvalue weighted by molar-refractivity contribution is -0.384. The van der Waals surface area contributed by atoms with Crippen LogP contribution in [0.3, 0.4) is 0 Å². The molecular formula is C12H17N3O3. The van der Waals surface area contributed by atoms with Crippen molar-refractivity contribution in [3.05, 3.63) is 39.9 Å². The highest BCUT2D eigenvalue weighted by Gasteiger charge is 2.13. The van der Waals surface area contributed by atoms with Gasteiger partial charge in [-0.1, -0.05) is 12.1 Å². The molecular weight excluding hydrogens is 234 g/mol. The van der Waals surface area contributed by atoms with E-state index in [1.54, 1.807) is 26.0 Å². The van der Waals surface area contributed by atoms with Gasteiger partial charge in [-0.15, -0.1) is 0 Å². The maximum atomic E-state index is 11.5. The van der Waals surface area contributed by atoms with E-state index in [0.29, 0.717) is 5.56 Å². The first kappa shape index (κ1) is 14.1. The molecule has 6 heteroatoms. The quantitative estimate of drug-likeness (QED) is 0.612. The summed E-state index contributed by atoms with van der Waals surface area (Å²) in [7, 11) is 0. The van der Waals surface area contributed by atoms with Gasteiger partial charge < -0.3 is 11.1 Å². The Hall–Kier alpha value is -1.95. The van der Waals surface area contributed by atoms with Gasteiger partial charge in [-0.05, 0) is 19.4 Å². The van der Waals surface area contributed by atoms with E-state index in [1.807, 2.05) is 0 Å². The molecule has 0 aliphatic rings. The minimum atomic E-state index is -0.458. The zero-order valence-electron chi connectivity index (χ0n) is 10.4. The molecule has 0 aromatic heterocycles. The van der Waals surface area contributed by atoms with Crippen LogP contribution in [0.4, 0.5) is 5.69 Å². The van der Waals surface area contributed by atoms with Crippen molar-refractivity contribution in [3.8, 4) is 0 Å². The highest BCUT2D eigenvalue weighted by atomic mass is 16.6. The van der Waals surface area contributed by atoms with Crippen LogP contribution in [0.15, 0.2) is 24.3 Å². The van der Waals surface area contributed by atoms with Crippen molar-refractivity contribution in [2.24, 2.45) is 5.73 Å². The molecule has 0 heterocycles. The number of hydrogen-bond donors (Lipinski definition) is 2. The molecule has 0 radical (unpaired) electrons.